The first-order chi connectivity index (χ1) is 13.7. The van der Waals surface area contributed by atoms with E-state index in [4.69, 9.17) is 11.6 Å². The number of rotatable bonds is 3. The Morgan fingerprint density at radius 3 is 2.07 bits per heavy atom. The van der Waals surface area contributed by atoms with Crippen LogP contribution in [0.25, 0.3) is 39.0 Å². The number of H-pyrrole nitrogens is 2. The highest BCUT2D eigenvalue weighted by Gasteiger charge is 2.08. The lowest BCUT2D eigenvalue weighted by Gasteiger charge is -2.08. The monoisotopic (exact) mass is 386 g/mol. The van der Waals surface area contributed by atoms with Crippen molar-refractivity contribution in [1.29, 1.82) is 0 Å². The van der Waals surface area contributed by atoms with Crippen molar-refractivity contribution >= 4 is 22.6 Å². The zero-order valence-electron chi connectivity index (χ0n) is 14.7. The fraction of sp³-hybridized carbons (Fsp3) is 0. The van der Waals surface area contributed by atoms with Crippen molar-refractivity contribution in [2.24, 2.45) is 0 Å². The van der Waals surface area contributed by atoms with Crippen molar-refractivity contribution in [2.75, 3.05) is 0 Å². The summed E-state index contributed by atoms with van der Waals surface area (Å²) in [6, 6.07) is 22.0. The van der Waals surface area contributed by atoms with Gasteiger partial charge in [-0.05, 0) is 47.0 Å². The highest BCUT2D eigenvalue weighted by atomic mass is 35.5. The van der Waals surface area contributed by atoms with Gasteiger partial charge in [-0.2, -0.15) is 5.10 Å². The number of hydrogen-bond acceptors (Lipinski definition) is 2. The Labute approximate surface area is 165 Å². The summed E-state index contributed by atoms with van der Waals surface area (Å²) in [5.74, 6) is 0. The molecule has 28 heavy (non-hydrogen) atoms. The molecule has 0 aliphatic carbocycles. The van der Waals surface area contributed by atoms with Gasteiger partial charge < -0.3 is 9.97 Å². The van der Waals surface area contributed by atoms with Crippen LogP contribution in [0.1, 0.15) is 0 Å². The smallest absolute Gasteiger partial charge is 0.306 e. The molecule has 0 atom stereocenters. The van der Waals surface area contributed by atoms with Crippen LogP contribution in [0.4, 0.5) is 0 Å². The molecule has 0 saturated carbocycles. The molecule has 5 nitrogen and oxygen atoms in total. The van der Waals surface area contributed by atoms with Crippen molar-refractivity contribution < 1.29 is 0 Å². The number of nitrogens with one attached hydrogen (secondary N) is 2. The molecule has 0 aliphatic rings. The van der Waals surface area contributed by atoms with Gasteiger partial charge in [-0.15, -0.1) is 0 Å². The van der Waals surface area contributed by atoms with E-state index in [9.17, 15) is 4.79 Å². The van der Waals surface area contributed by atoms with Gasteiger partial charge in [-0.25, -0.2) is 9.48 Å². The Kier molecular flexibility index (Phi) is 3.88. The lowest BCUT2D eigenvalue weighted by atomic mass is 10.00. The SMILES string of the molecule is O=c1[nH]c2cc(Cl)c(-c3ccc(-c4ccc(-n5cccn5)cc4)cc3)cc2[nH]1. The molecule has 0 saturated heterocycles. The van der Waals surface area contributed by atoms with Gasteiger partial charge in [-0.1, -0.05) is 48.0 Å². The predicted molar refractivity (Wildman–Crippen MR) is 112 cm³/mol. The maximum Gasteiger partial charge on any atom is 0.323 e. The summed E-state index contributed by atoms with van der Waals surface area (Å²) in [4.78, 5) is 17.0. The number of halogens is 1. The number of aromatic amines is 2. The van der Waals surface area contributed by atoms with E-state index in [1.165, 1.54) is 0 Å². The highest BCUT2D eigenvalue weighted by molar-refractivity contribution is 6.34. The van der Waals surface area contributed by atoms with Crippen LogP contribution in [0.2, 0.25) is 5.02 Å². The van der Waals surface area contributed by atoms with Gasteiger partial charge in [0.2, 0.25) is 0 Å². The fourth-order valence-corrected chi connectivity index (χ4v) is 3.62. The summed E-state index contributed by atoms with van der Waals surface area (Å²) in [7, 11) is 0. The number of aromatic nitrogens is 4. The van der Waals surface area contributed by atoms with Crippen LogP contribution >= 0.6 is 11.6 Å². The second kappa shape index (κ2) is 6.55. The predicted octanol–water partition coefficient (Wildman–Crippen LogP) is 5.03. The van der Waals surface area contributed by atoms with E-state index in [0.29, 0.717) is 10.5 Å². The molecular weight excluding hydrogens is 372 g/mol. The maximum absolute atomic E-state index is 11.5. The van der Waals surface area contributed by atoms with Crippen LogP contribution in [0.15, 0.2) is 83.9 Å². The number of imidazole rings is 1. The van der Waals surface area contributed by atoms with Crippen LogP contribution in [0.3, 0.4) is 0 Å². The molecule has 0 aliphatic heterocycles. The standard InChI is InChI=1S/C22H15ClN4O/c23-19-13-21-20(25-22(28)26-21)12-18(19)16-4-2-14(3-5-16)15-6-8-17(9-7-15)27-11-1-10-24-27/h1-13H,(H2,25,26,28). The molecule has 5 aromatic rings. The summed E-state index contributed by atoms with van der Waals surface area (Å²) in [6.07, 6.45) is 3.68. The van der Waals surface area contributed by atoms with Crippen LogP contribution < -0.4 is 5.69 Å². The Morgan fingerprint density at radius 2 is 1.43 bits per heavy atom. The summed E-state index contributed by atoms with van der Waals surface area (Å²) < 4.78 is 1.83. The quantitative estimate of drug-likeness (QED) is 0.456. The molecule has 3 aromatic carbocycles. The minimum atomic E-state index is -0.239. The molecule has 0 bridgehead atoms. The van der Waals surface area contributed by atoms with Gasteiger partial charge in [0.15, 0.2) is 0 Å². The number of fused-ring (bicyclic) bond motifs is 1. The molecule has 2 aromatic heterocycles. The lowest BCUT2D eigenvalue weighted by molar-refractivity contribution is 0.881. The highest BCUT2D eigenvalue weighted by Crippen LogP contribution is 2.32. The molecule has 0 unspecified atom stereocenters. The summed E-state index contributed by atoms with van der Waals surface area (Å²) in [5.41, 5.74) is 6.33. The summed E-state index contributed by atoms with van der Waals surface area (Å²) in [6.45, 7) is 0. The van der Waals surface area contributed by atoms with Crippen LogP contribution in [0.5, 0.6) is 0 Å². The largest absolute Gasteiger partial charge is 0.323 e. The molecule has 0 spiro atoms. The van der Waals surface area contributed by atoms with Gasteiger partial charge in [0.1, 0.15) is 0 Å². The van der Waals surface area contributed by atoms with Crippen molar-refractivity contribution in [2.45, 2.75) is 0 Å². The topological polar surface area (TPSA) is 66.5 Å². The van der Waals surface area contributed by atoms with Crippen molar-refractivity contribution in [3.8, 4) is 27.9 Å². The van der Waals surface area contributed by atoms with Gasteiger partial charge in [0, 0.05) is 18.0 Å². The average molecular weight is 387 g/mol. The molecule has 136 valence electrons. The summed E-state index contributed by atoms with van der Waals surface area (Å²) in [5, 5.41) is 4.84. The Bertz CT molecular complexity index is 1310. The Hall–Kier alpha value is -3.57. The van der Waals surface area contributed by atoms with E-state index < -0.39 is 0 Å². The fourth-order valence-electron chi connectivity index (χ4n) is 3.35. The molecule has 0 amide bonds. The van der Waals surface area contributed by atoms with E-state index in [-0.39, 0.29) is 5.69 Å². The molecule has 0 fully saturated rings. The third-order valence-electron chi connectivity index (χ3n) is 4.77. The lowest BCUT2D eigenvalue weighted by Crippen LogP contribution is -1.99. The van der Waals surface area contributed by atoms with Crippen LogP contribution in [-0.4, -0.2) is 19.7 Å². The number of hydrogen-bond donors (Lipinski definition) is 2. The second-order valence-corrected chi connectivity index (χ2v) is 6.94. The van der Waals surface area contributed by atoms with Crippen LogP contribution in [0, 0.1) is 0 Å². The Morgan fingerprint density at radius 1 is 0.821 bits per heavy atom. The molecule has 0 radical (unpaired) electrons. The van der Waals surface area contributed by atoms with E-state index >= 15 is 0 Å². The second-order valence-electron chi connectivity index (χ2n) is 6.53. The zero-order valence-corrected chi connectivity index (χ0v) is 15.4. The van der Waals surface area contributed by atoms with E-state index in [2.05, 4.69) is 39.3 Å². The van der Waals surface area contributed by atoms with Gasteiger partial charge >= 0.3 is 5.69 Å². The van der Waals surface area contributed by atoms with Crippen molar-refractivity contribution in [1.82, 2.24) is 19.7 Å². The molecule has 5 rings (SSSR count). The zero-order chi connectivity index (χ0) is 19.1. The first kappa shape index (κ1) is 16.6. The molecule has 2 heterocycles. The van der Waals surface area contributed by atoms with Gasteiger partial charge in [0.05, 0.1) is 21.7 Å². The summed E-state index contributed by atoms with van der Waals surface area (Å²) >= 11 is 6.43. The van der Waals surface area contributed by atoms with E-state index in [1.54, 1.807) is 12.3 Å². The normalized spacial score (nSPS) is 11.2. The van der Waals surface area contributed by atoms with Gasteiger partial charge in [-0.3, -0.25) is 0 Å². The number of benzene rings is 3. The average Bonchev–Trinajstić information content (AvgIpc) is 3.37. The molecule has 6 heteroatoms. The third kappa shape index (κ3) is 2.92. The first-order valence-corrected chi connectivity index (χ1v) is 9.18. The van der Waals surface area contributed by atoms with Crippen molar-refractivity contribution in [3.05, 3.63) is 94.6 Å². The minimum absolute atomic E-state index is 0.239. The molecule has 2 N–H and O–H groups in total. The van der Waals surface area contributed by atoms with Crippen molar-refractivity contribution in [3.63, 3.8) is 0 Å². The van der Waals surface area contributed by atoms with E-state index in [0.717, 1.165) is 33.5 Å². The Balaban J connectivity index is 1.47. The minimum Gasteiger partial charge on any atom is -0.306 e. The third-order valence-corrected chi connectivity index (χ3v) is 5.08. The number of nitrogens with zero attached hydrogens (tertiary/aromatic N) is 2. The van der Waals surface area contributed by atoms with Gasteiger partial charge in [0.25, 0.3) is 0 Å². The first-order valence-electron chi connectivity index (χ1n) is 8.80. The maximum atomic E-state index is 11.5. The molecular formula is C22H15ClN4O. The van der Waals surface area contributed by atoms with E-state index in [1.807, 2.05) is 47.3 Å². The van der Waals surface area contributed by atoms with Crippen LogP contribution in [-0.2, 0) is 0 Å².